The van der Waals surface area contributed by atoms with E-state index in [1.165, 1.54) is 11.3 Å². The van der Waals surface area contributed by atoms with Crippen molar-refractivity contribution in [3.05, 3.63) is 62.6 Å². The van der Waals surface area contributed by atoms with E-state index < -0.39 is 0 Å². The van der Waals surface area contributed by atoms with Crippen LogP contribution in [0.4, 0.5) is 11.4 Å². The molecule has 1 aliphatic heterocycles. The number of anilines is 2. The van der Waals surface area contributed by atoms with Crippen LogP contribution < -0.4 is 20.5 Å². The molecule has 2 aromatic carbocycles. The van der Waals surface area contributed by atoms with E-state index in [4.69, 9.17) is 43.4 Å². The third-order valence-corrected chi connectivity index (χ3v) is 8.12. The van der Waals surface area contributed by atoms with Gasteiger partial charge < -0.3 is 25.4 Å². The minimum absolute atomic E-state index is 0.340. The van der Waals surface area contributed by atoms with Crippen molar-refractivity contribution in [3.8, 4) is 22.6 Å². The maximum absolute atomic E-state index is 13.3. The number of nitrogens with two attached hydrogens (primary N) is 1. The number of aromatic nitrogens is 1. The number of hydrogen-bond donors (Lipinski definition) is 2. The molecular weight excluding hydrogens is 519 g/mol. The Hall–Kier alpha value is -3.04. The number of carbonyl (C=O) groups excluding carboxylic acids is 1. The van der Waals surface area contributed by atoms with Gasteiger partial charge in [-0.05, 0) is 49.0 Å². The van der Waals surface area contributed by atoms with Gasteiger partial charge in [-0.3, -0.25) is 4.79 Å². The summed E-state index contributed by atoms with van der Waals surface area (Å²) in [5, 5.41) is 4.37. The molecule has 0 saturated carbocycles. The van der Waals surface area contributed by atoms with Crippen LogP contribution >= 0.6 is 34.5 Å². The van der Waals surface area contributed by atoms with Crippen molar-refractivity contribution in [1.29, 1.82) is 0 Å². The smallest absolute Gasteiger partial charge is 0.267 e. The predicted molar refractivity (Wildman–Crippen MR) is 147 cm³/mol. The largest absolute Gasteiger partial charge is 0.497 e. The highest BCUT2D eigenvalue weighted by Gasteiger charge is 2.28. The quantitative estimate of drug-likeness (QED) is 0.316. The first kappa shape index (κ1) is 24.6. The first-order valence-corrected chi connectivity index (χ1v) is 12.8. The number of benzene rings is 2. The minimum atomic E-state index is -0.340. The van der Waals surface area contributed by atoms with Crippen molar-refractivity contribution >= 4 is 62.0 Å². The van der Waals surface area contributed by atoms with Crippen molar-refractivity contribution < 1.29 is 14.3 Å². The Bertz CT molecular complexity index is 1500. The fourth-order valence-corrected chi connectivity index (χ4v) is 5.81. The molecule has 2 aromatic heterocycles. The van der Waals surface area contributed by atoms with Crippen LogP contribution in [0.5, 0.6) is 11.5 Å². The number of nitrogens with zero attached hydrogens (tertiary/aromatic N) is 2. The van der Waals surface area contributed by atoms with Crippen LogP contribution in [0.25, 0.3) is 21.3 Å². The second-order valence-corrected chi connectivity index (χ2v) is 10.4. The monoisotopic (exact) mass is 542 g/mol. The molecule has 0 unspecified atom stereocenters. The Morgan fingerprint density at radius 3 is 2.67 bits per heavy atom. The van der Waals surface area contributed by atoms with Gasteiger partial charge in [0.15, 0.2) is 0 Å². The van der Waals surface area contributed by atoms with Crippen molar-refractivity contribution in [2.75, 3.05) is 38.9 Å². The van der Waals surface area contributed by atoms with Crippen LogP contribution in [0.2, 0.25) is 10.0 Å². The van der Waals surface area contributed by atoms with Gasteiger partial charge in [0.2, 0.25) is 0 Å². The molecule has 0 bridgehead atoms. The number of hydrogen-bond acceptors (Lipinski definition) is 7. The molecule has 0 radical (unpaired) electrons. The van der Waals surface area contributed by atoms with Crippen LogP contribution in [0.1, 0.15) is 20.9 Å². The van der Waals surface area contributed by atoms with E-state index in [1.54, 1.807) is 32.4 Å². The number of nitrogen functional groups attached to an aromatic ring is 1. The molecule has 0 aliphatic carbocycles. The highest BCUT2D eigenvalue weighted by molar-refractivity contribution is 7.21. The normalized spacial score (nSPS) is 13.5. The van der Waals surface area contributed by atoms with E-state index in [0.717, 1.165) is 40.7 Å². The zero-order chi connectivity index (χ0) is 25.6. The molecule has 0 fully saturated rings. The molecule has 3 N–H and O–H groups in total. The summed E-state index contributed by atoms with van der Waals surface area (Å²) in [6.45, 7) is 1.60. The van der Waals surface area contributed by atoms with Gasteiger partial charge in [0.1, 0.15) is 21.2 Å². The second-order valence-electron chi connectivity index (χ2n) is 8.57. The molecule has 3 heterocycles. The van der Waals surface area contributed by atoms with Crippen LogP contribution in [-0.2, 0) is 13.0 Å². The Labute approximate surface area is 222 Å². The number of pyridine rings is 1. The number of fused-ring (bicyclic) bond motifs is 2. The number of thiophene rings is 1. The van der Waals surface area contributed by atoms with Gasteiger partial charge in [-0.2, -0.15) is 0 Å². The van der Waals surface area contributed by atoms with E-state index in [1.807, 2.05) is 18.2 Å². The summed E-state index contributed by atoms with van der Waals surface area (Å²) in [5.74, 6) is 1.04. The number of halogens is 2. The summed E-state index contributed by atoms with van der Waals surface area (Å²) in [5.41, 5.74) is 11.4. The number of carbonyl (C=O) groups is 1. The van der Waals surface area contributed by atoms with Gasteiger partial charge in [-0.25, -0.2) is 4.98 Å². The third kappa shape index (κ3) is 4.35. The summed E-state index contributed by atoms with van der Waals surface area (Å²) >= 11 is 13.4. The van der Waals surface area contributed by atoms with E-state index in [-0.39, 0.29) is 5.91 Å². The molecule has 186 valence electrons. The zero-order valence-corrected chi connectivity index (χ0v) is 22.3. The molecule has 0 saturated heterocycles. The predicted octanol–water partition coefficient (Wildman–Crippen LogP) is 6.11. The third-order valence-electron chi connectivity index (χ3n) is 6.28. The average Bonchev–Trinajstić information content (AvgIpc) is 3.20. The van der Waals surface area contributed by atoms with Crippen molar-refractivity contribution in [1.82, 2.24) is 9.88 Å². The Morgan fingerprint density at radius 2 is 1.94 bits per heavy atom. The molecule has 0 atom stereocenters. The summed E-state index contributed by atoms with van der Waals surface area (Å²) in [7, 11) is 5.34. The summed E-state index contributed by atoms with van der Waals surface area (Å²) in [6.07, 6.45) is 0.795. The Kier molecular flexibility index (Phi) is 6.70. The molecule has 0 spiro atoms. The molecule has 36 heavy (non-hydrogen) atoms. The number of methoxy groups -OCH3 is 2. The van der Waals surface area contributed by atoms with E-state index in [2.05, 4.69) is 17.3 Å². The van der Waals surface area contributed by atoms with E-state index in [9.17, 15) is 4.79 Å². The second kappa shape index (κ2) is 9.78. The minimum Gasteiger partial charge on any atom is -0.497 e. The van der Waals surface area contributed by atoms with E-state index in [0.29, 0.717) is 49.2 Å². The standard InChI is InChI=1S/C26H24Cl2N4O3S/c1-32-9-8-19-16(12-32)21(15-11-14(34-2)5-7-20(15)35-3)22-23(29)24(36-26(22)31-19)25(33)30-13-4-6-17(27)18(28)10-13/h4-7,10-11H,8-9,12,29H2,1-3H3,(H,30,33). The van der Waals surface area contributed by atoms with Crippen LogP contribution in [0, 0.1) is 0 Å². The number of amides is 1. The zero-order valence-electron chi connectivity index (χ0n) is 19.9. The van der Waals surface area contributed by atoms with Gasteiger partial charge in [0.25, 0.3) is 5.91 Å². The maximum Gasteiger partial charge on any atom is 0.267 e. The van der Waals surface area contributed by atoms with Crippen molar-refractivity contribution in [2.45, 2.75) is 13.0 Å². The molecule has 7 nitrogen and oxygen atoms in total. The SMILES string of the molecule is COc1ccc(OC)c(-c2c3c(nc4sc(C(=O)Nc5ccc(Cl)c(Cl)c5)c(N)c24)CCN(C)C3)c1. The summed E-state index contributed by atoms with van der Waals surface area (Å²) < 4.78 is 11.2. The number of rotatable bonds is 5. The molecule has 1 amide bonds. The van der Waals surface area contributed by atoms with Crippen molar-refractivity contribution in [2.24, 2.45) is 0 Å². The number of nitrogens with one attached hydrogen (secondary N) is 1. The highest BCUT2D eigenvalue weighted by Crippen LogP contribution is 2.46. The molecule has 1 aliphatic rings. The average molecular weight is 543 g/mol. The molecular formula is C26H24Cl2N4O3S. The number of likely N-dealkylation sites (N-methyl/N-ethyl adjacent to an activating group) is 1. The van der Waals surface area contributed by atoms with Crippen LogP contribution in [0.15, 0.2) is 36.4 Å². The topological polar surface area (TPSA) is 89.7 Å². The highest BCUT2D eigenvalue weighted by atomic mass is 35.5. The summed E-state index contributed by atoms with van der Waals surface area (Å²) in [6, 6.07) is 10.6. The molecule has 10 heteroatoms. The van der Waals surface area contributed by atoms with Gasteiger partial charge in [0.05, 0.1) is 30.0 Å². The van der Waals surface area contributed by atoms with Crippen LogP contribution in [-0.4, -0.2) is 43.6 Å². The maximum atomic E-state index is 13.3. The van der Waals surface area contributed by atoms with Gasteiger partial charge in [-0.1, -0.05) is 23.2 Å². The Morgan fingerprint density at radius 1 is 1.14 bits per heavy atom. The fraction of sp³-hybridized carbons (Fsp3) is 0.231. The lowest BCUT2D eigenvalue weighted by Gasteiger charge is -2.27. The van der Waals surface area contributed by atoms with Gasteiger partial charge in [-0.15, -0.1) is 11.3 Å². The first-order valence-electron chi connectivity index (χ1n) is 11.2. The number of ether oxygens (including phenoxy) is 2. The molecule has 4 aromatic rings. The van der Waals surface area contributed by atoms with E-state index >= 15 is 0 Å². The van der Waals surface area contributed by atoms with Gasteiger partial charge >= 0.3 is 0 Å². The Balaban J connectivity index is 1.72. The summed E-state index contributed by atoms with van der Waals surface area (Å²) in [4.78, 5) is 21.6. The lowest BCUT2D eigenvalue weighted by atomic mass is 9.91. The van der Waals surface area contributed by atoms with Gasteiger partial charge in [0, 0.05) is 47.4 Å². The molecule has 5 rings (SSSR count). The lowest BCUT2D eigenvalue weighted by Crippen LogP contribution is -2.28. The first-order chi connectivity index (χ1) is 17.3. The van der Waals surface area contributed by atoms with Crippen molar-refractivity contribution in [3.63, 3.8) is 0 Å². The lowest BCUT2D eigenvalue weighted by molar-refractivity contribution is 0.103. The fourth-order valence-electron chi connectivity index (χ4n) is 4.50. The van der Waals surface area contributed by atoms with Crippen LogP contribution in [0.3, 0.4) is 0 Å².